The molecule has 0 aromatic heterocycles. The van der Waals surface area contributed by atoms with Gasteiger partial charge in [-0.25, -0.2) is 7.85 Å². The molecule has 18 heavy (non-hydrogen) atoms. The molecule has 1 N–H and O–H groups in total. The zero-order chi connectivity index (χ0) is 15.2. The third-order valence-corrected chi connectivity index (χ3v) is 21.6. The Balaban J connectivity index is 5.85. The van der Waals surface area contributed by atoms with E-state index < -0.39 is 27.7 Å². The second-order valence-electron chi connectivity index (χ2n) is 8.14. The van der Waals surface area contributed by atoms with Gasteiger partial charge in [0.05, 0.1) is 0 Å². The van der Waals surface area contributed by atoms with Crippen LogP contribution in [0.3, 0.4) is 0 Å². The van der Waals surface area contributed by atoms with Gasteiger partial charge in [-0.05, 0) is 10.1 Å². The van der Waals surface area contributed by atoms with Gasteiger partial charge < -0.3 is 0 Å². The van der Waals surface area contributed by atoms with Gasteiger partial charge in [0.2, 0.25) is 11.3 Å². The third kappa shape index (κ3) is 3.33. The van der Waals surface area contributed by atoms with Crippen molar-refractivity contribution in [1.29, 1.82) is 0 Å². The van der Waals surface area contributed by atoms with Gasteiger partial charge in [-0.3, -0.25) is 4.55 Å². The number of rotatable bonds is 3. The van der Waals surface area contributed by atoms with Crippen molar-refractivity contribution in [2.45, 2.75) is 77.8 Å². The molecule has 3 nitrogen and oxygen atoms in total. The molecule has 0 rings (SSSR count). The summed E-state index contributed by atoms with van der Waals surface area (Å²) in [5, 5.41) is 0.141. The van der Waals surface area contributed by atoms with E-state index in [0.717, 1.165) is 0 Å². The van der Waals surface area contributed by atoms with Crippen LogP contribution in [0.2, 0.25) is 36.3 Å². The largest absolute Gasteiger partial charge is 0.295 e. The van der Waals surface area contributed by atoms with Gasteiger partial charge in [0.15, 0.2) is 0 Å². The van der Waals surface area contributed by atoms with Gasteiger partial charge in [0.25, 0.3) is 0 Å². The minimum absolute atomic E-state index is 0.0703. The first-order valence-electron chi connectivity index (χ1n) is 6.48. The minimum atomic E-state index is -2.00. The summed E-state index contributed by atoms with van der Waals surface area (Å²) in [6.45, 7) is 22.0. The fourth-order valence-electron chi connectivity index (χ4n) is 1.70. The van der Waals surface area contributed by atoms with Gasteiger partial charge in [0.1, 0.15) is 16.5 Å². The van der Waals surface area contributed by atoms with Crippen molar-refractivity contribution < 1.29 is 8.76 Å². The highest BCUT2D eigenvalue weighted by atomic mass is 32.2. The molecule has 0 saturated carbocycles. The van der Waals surface area contributed by atoms with E-state index in [1.165, 1.54) is 0 Å². The summed E-state index contributed by atoms with van der Waals surface area (Å²) in [5.74, 6) is 0. The maximum atomic E-state index is 12.0. The maximum absolute atomic E-state index is 12.0. The molecule has 0 amide bonds. The zero-order valence-electron chi connectivity index (χ0n) is 13.7. The van der Waals surface area contributed by atoms with Crippen molar-refractivity contribution in [1.82, 2.24) is 3.64 Å². The van der Waals surface area contributed by atoms with Crippen molar-refractivity contribution in [3.63, 3.8) is 0 Å². The summed E-state index contributed by atoms with van der Waals surface area (Å²) >= 11 is -1.88. The maximum Gasteiger partial charge on any atom is 0.221 e. The van der Waals surface area contributed by atoms with Crippen molar-refractivity contribution >= 4 is 27.7 Å². The van der Waals surface area contributed by atoms with Crippen LogP contribution in [0, 0.1) is 0 Å². The van der Waals surface area contributed by atoms with Crippen LogP contribution in [0.5, 0.6) is 0 Å². The quantitative estimate of drug-likeness (QED) is 0.618. The molecule has 0 aromatic rings. The molecule has 0 radical (unpaired) electrons. The Morgan fingerprint density at radius 1 is 0.833 bits per heavy atom. The van der Waals surface area contributed by atoms with Crippen LogP contribution in [0.15, 0.2) is 0 Å². The van der Waals surface area contributed by atoms with Gasteiger partial charge in [-0.2, -0.15) is 0 Å². The Hall–Kier alpha value is 0.504. The van der Waals surface area contributed by atoms with Gasteiger partial charge in [-0.15, -0.1) is 0 Å². The molecule has 1 atom stereocenters. The highest BCUT2D eigenvalue weighted by Gasteiger charge is 2.54. The van der Waals surface area contributed by atoms with Crippen LogP contribution < -0.4 is 0 Å². The fourth-order valence-corrected chi connectivity index (χ4v) is 15.3. The lowest BCUT2D eigenvalue weighted by Crippen LogP contribution is -2.68. The summed E-state index contributed by atoms with van der Waals surface area (Å²) in [5.41, 5.74) is 0. The summed E-state index contributed by atoms with van der Waals surface area (Å²) in [6, 6.07) is 0. The predicted octanol–water partition coefficient (Wildman–Crippen LogP) is 4.44. The molecule has 0 saturated heterocycles. The Bertz CT molecular complexity index is 304. The number of nitrogens with zero attached hydrogens (tertiary/aromatic N) is 1. The molecule has 0 aromatic carbocycles. The van der Waals surface area contributed by atoms with E-state index in [1.807, 2.05) is 3.64 Å². The van der Waals surface area contributed by atoms with E-state index in [9.17, 15) is 8.76 Å². The first-order valence-corrected chi connectivity index (χ1v) is 13.4. The van der Waals surface area contributed by atoms with E-state index in [4.69, 9.17) is 0 Å². The van der Waals surface area contributed by atoms with Gasteiger partial charge in [-0.1, -0.05) is 67.7 Å². The van der Waals surface area contributed by atoms with E-state index >= 15 is 0 Å². The molecule has 0 aliphatic heterocycles. The Kier molecular flexibility index (Phi) is 5.27. The standard InChI is InChI=1S/C12H31NO2SSi2/c1-11(2,3)17(7,8)13(16(14)15)18(9,10)12(4,5)6/h1-10H3,(H,14,15). The van der Waals surface area contributed by atoms with Crippen molar-refractivity contribution in [3.8, 4) is 0 Å². The van der Waals surface area contributed by atoms with Crippen molar-refractivity contribution in [3.05, 3.63) is 0 Å². The fraction of sp³-hybridized carbons (Fsp3) is 1.00. The smallest absolute Gasteiger partial charge is 0.221 e. The zero-order valence-corrected chi connectivity index (χ0v) is 16.5. The Labute approximate surface area is 118 Å². The molecule has 110 valence electrons. The number of hydrogen-bond acceptors (Lipinski definition) is 1. The molecule has 6 heteroatoms. The van der Waals surface area contributed by atoms with Gasteiger partial charge >= 0.3 is 0 Å². The second-order valence-corrected chi connectivity index (χ2v) is 20.2. The van der Waals surface area contributed by atoms with E-state index in [-0.39, 0.29) is 10.1 Å². The van der Waals surface area contributed by atoms with Crippen LogP contribution in [0.25, 0.3) is 0 Å². The van der Waals surface area contributed by atoms with E-state index in [1.54, 1.807) is 0 Å². The molecule has 0 aliphatic carbocycles. The normalized spacial score (nSPS) is 17.1. The third-order valence-electron chi connectivity index (χ3n) is 4.84. The first kappa shape index (κ1) is 18.5. The number of hydrogen-bond donors (Lipinski definition) is 1. The molecule has 0 spiro atoms. The predicted molar refractivity (Wildman–Crippen MR) is 87.0 cm³/mol. The molecule has 1 unspecified atom stereocenters. The van der Waals surface area contributed by atoms with Crippen LogP contribution in [-0.4, -0.2) is 28.9 Å². The summed E-state index contributed by atoms with van der Waals surface area (Å²) in [4.78, 5) is 0. The average molecular weight is 310 g/mol. The van der Waals surface area contributed by atoms with Crippen LogP contribution >= 0.6 is 0 Å². The van der Waals surface area contributed by atoms with Crippen LogP contribution in [0.4, 0.5) is 0 Å². The summed E-state index contributed by atoms with van der Waals surface area (Å²) < 4.78 is 23.9. The molecular formula is C12H31NO2SSi2. The molecule has 0 heterocycles. The Morgan fingerprint density at radius 2 is 1.06 bits per heavy atom. The first-order chi connectivity index (χ1) is 7.57. The summed E-state index contributed by atoms with van der Waals surface area (Å²) in [6.07, 6.45) is 0. The minimum Gasteiger partial charge on any atom is -0.295 e. The van der Waals surface area contributed by atoms with Crippen LogP contribution in [-0.2, 0) is 11.3 Å². The highest BCUT2D eigenvalue weighted by Crippen LogP contribution is 2.47. The SMILES string of the molecule is CC(C)(C)[Si](C)(C)N(S(=O)O)[Si](C)(C)C(C)(C)C. The van der Waals surface area contributed by atoms with Crippen molar-refractivity contribution in [2.75, 3.05) is 0 Å². The molecule has 0 bridgehead atoms. The lowest BCUT2D eigenvalue weighted by molar-refractivity contribution is 0.520. The van der Waals surface area contributed by atoms with Crippen molar-refractivity contribution in [2.24, 2.45) is 0 Å². The lowest BCUT2D eigenvalue weighted by atomic mass is 10.2. The summed E-state index contributed by atoms with van der Waals surface area (Å²) in [7, 11) is -4.00. The van der Waals surface area contributed by atoms with E-state index in [0.29, 0.717) is 0 Å². The van der Waals surface area contributed by atoms with Crippen LogP contribution in [0.1, 0.15) is 41.5 Å². The highest BCUT2D eigenvalue weighted by molar-refractivity contribution is 7.80. The monoisotopic (exact) mass is 309 g/mol. The molecular weight excluding hydrogens is 278 g/mol. The second kappa shape index (κ2) is 5.12. The average Bonchev–Trinajstić information content (AvgIpc) is 1.96. The lowest BCUT2D eigenvalue weighted by Gasteiger charge is -2.54. The van der Waals surface area contributed by atoms with E-state index in [2.05, 4.69) is 67.7 Å². The topological polar surface area (TPSA) is 40.5 Å². The molecule has 0 aliphatic rings. The van der Waals surface area contributed by atoms with Gasteiger partial charge in [0, 0.05) is 0 Å². The molecule has 0 fully saturated rings. The Morgan fingerprint density at radius 3 is 1.17 bits per heavy atom.